The molecule has 8 heteroatoms. The molecule has 1 atom stereocenters. The van der Waals surface area contributed by atoms with Gasteiger partial charge in [0.25, 0.3) is 0 Å². The number of ether oxygens (including phenoxy) is 2. The van der Waals surface area contributed by atoms with Gasteiger partial charge in [-0.05, 0) is 33.6 Å². The molecule has 2 aliphatic rings. The van der Waals surface area contributed by atoms with Crippen LogP contribution in [0.5, 0.6) is 0 Å². The number of rotatable bonds is 2. The van der Waals surface area contributed by atoms with E-state index >= 15 is 0 Å². The van der Waals surface area contributed by atoms with Crippen molar-refractivity contribution in [1.29, 1.82) is 0 Å². The molecule has 2 fully saturated rings. The first-order valence-corrected chi connectivity index (χ1v) is 8.57. The molecule has 0 N–H and O–H groups in total. The van der Waals surface area contributed by atoms with Crippen LogP contribution < -0.4 is 4.90 Å². The molecule has 3 rings (SSSR count). The van der Waals surface area contributed by atoms with Gasteiger partial charge in [-0.2, -0.15) is 0 Å². The standard InChI is InChI=1S/C17H24N4O4/c1-17(2,3)25-15(22)20-6-4-5-12(11-20)13-9-18-10-14(19-13)21-7-8-24-16(21)23/h9-10,12H,4-8,11H2,1-3H3/t12-/m1/s1. The maximum atomic E-state index is 12.3. The molecule has 0 radical (unpaired) electrons. The van der Waals surface area contributed by atoms with Gasteiger partial charge in [-0.1, -0.05) is 0 Å². The van der Waals surface area contributed by atoms with E-state index < -0.39 is 11.7 Å². The highest BCUT2D eigenvalue weighted by Crippen LogP contribution is 2.28. The van der Waals surface area contributed by atoms with Crippen LogP contribution in [0.4, 0.5) is 15.4 Å². The van der Waals surface area contributed by atoms with E-state index in [2.05, 4.69) is 9.97 Å². The fourth-order valence-electron chi connectivity index (χ4n) is 3.01. The van der Waals surface area contributed by atoms with Crippen LogP contribution in [-0.2, 0) is 9.47 Å². The molecule has 25 heavy (non-hydrogen) atoms. The molecule has 2 aliphatic heterocycles. The van der Waals surface area contributed by atoms with Crippen molar-refractivity contribution in [2.24, 2.45) is 0 Å². The van der Waals surface area contributed by atoms with Gasteiger partial charge in [0.2, 0.25) is 0 Å². The Labute approximate surface area is 147 Å². The summed E-state index contributed by atoms with van der Waals surface area (Å²) in [6.07, 6.45) is 4.36. The molecular formula is C17H24N4O4. The average Bonchev–Trinajstić information content (AvgIpc) is 3.00. The number of piperidine rings is 1. The molecule has 0 saturated carbocycles. The third-order valence-electron chi connectivity index (χ3n) is 4.17. The normalized spacial score (nSPS) is 21.2. The third-order valence-corrected chi connectivity index (χ3v) is 4.17. The summed E-state index contributed by atoms with van der Waals surface area (Å²) in [5.41, 5.74) is 0.269. The van der Waals surface area contributed by atoms with Gasteiger partial charge in [0.1, 0.15) is 12.2 Å². The van der Waals surface area contributed by atoms with E-state index in [1.165, 1.54) is 4.90 Å². The summed E-state index contributed by atoms with van der Waals surface area (Å²) in [5.74, 6) is 0.571. The molecule has 0 unspecified atom stereocenters. The van der Waals surface area contributed by atoms with E-state index in [0.717, 1.165) is 18.5 Å². The number of cyclic esters (lactones) is 1. The fourth-order valence-corrected chi connectivity index (χ4v) is 3.01. The first-order valence-electron chi connectivity index (χ1n) is 8.57. The summed E-state index contributed by atoms with van der Waals surface area (Å²) in [4.78, 5) is 36.0. The first-order chi connectivity index (χ1) is 11.8. The number of nitrogens with zero attached hydrogens (tertiary/aromatic N) is 4. The van der Waals surface area contributed by atoms with Crippen molar-refractivity contribution in [3.63, 3.8) is 0 Å². The van der Waals surface area contributed by atoms with Crippen LogP contribution >= 0.6 is 0 Å². The SMILES string of the molecule is CC(C)(C)OC(=O)N1CCC[C@@H](c2cncc(N3CCOC3=O)n2)C1. The molecule has 2 saturated heterocycles. The van der Waals surface area contributed by atoms with Gasteiger partial charge in [0.15, 0.2) is 5.82 Å². The fraction of sp³-hybridized carbons (Fsp3) is 0.647. The van der Waals surface area contributed by atoms with Gasteiger partial charge in [-0.3, -0.25) is 9.88 Å². The minimum Gasteiger partial charge on any atom is -0.447 e. The second-order valence-corrected chi connectivity index (χ2v) is 7.33. The number of likely N-dealkylation sites (tertiary alicyclic amines) is 1. The zero-order chi connectivity index (χ0) is 18.0. The van der Waals surface area contributed by atoms with E-state index in [1.807, 2.05) is 20.8 Å². The average molecular weight is 348 g/mol. The molecule has 2 amide bonds. The number of carbonyl (C=O) groups is 2. The van der Waals surface area contributed by atoms with Crippen LogP contribution in [0.1, 0.15) is 45.2 Å². The molecule has 1 aromatic rings. The Kier molecular flexibility index (Phi) is 4.78. The Bertz CT molecular complexity index is 658. The maximum absolute atomic E-state index is 12.3. The zero-order valence-corrected chi connectivity index (χ0v) is 14.9. The lowest BCUT2D eigenvalue weighted by Crippen LogP contribution is -2.42. The van der Waals surface area contributed by atoms with Crippen LogP contribution in [0.2, 0.25) is 0 Å². The minimum absolute atomic E-state index is 0.0762. The molecule has 3 heterocycles. The number of carbonyl (C=O) groups excluding carboxylic acids is 2. The molecule has 1 aromatic heterocycles. The summed E-state index contributed by atoms with van der Waals surface area (Å²) in [6, 6.07) is 0. The quantitative estimate of drug-likeness (QED) is 0.816. The first kappa shape index (κ1) is 17.4. The van der Waals surface area contributed by atoms with E-state index in [-0.39, 0.29) is 12.0 Å². The van der Waals surface area contributed by atoms with E-state index in [9.17, 15) is 9.59 Å². The van der Waals surface area contributed by atoms with Gasteiger partial charge in [0, 0.05) is 25.2 Å². The summed E-state index contributed by atoms with van der Waals surface area (Å²) < 4.78 is 10.4. The van der Waals surface area contributed by atoms with E-state index in [1.54, 1.807) is 17.3 Å². The van der Waals surface area contributed by atoms with Crippen LogP contribution in [0, 0.1) is 0 Å². The molecule has 0 aliphatic carbocycles. The van der Waals surface area contributed by atoms with Crippen molar-refractivity contribution in [2.75, 3.05) is 31.1 Å². The summed E-state index contributed by atoms with van der Waals surface area (Å²) in [6.45, 7) is 7.63. The van der Waals surface area contributed by atoms with Gasteiger partial charge in [0.05, 0.1) is 18.4 Å². The monoisotopic (exact) mass is 348 g/mol. The largest absolute Gasteiger partial charge is 0.447 e. The predicted molar refractivity (Wildman–Crippen MR) is 90.5 cm³/mol. The number of hydrogen-bond donors (Lipinski definition) is 0. The number of aromatic nitrogens is 2. The Morgan fingerprint density at radius 3 is 2.80 bits per heavy atom. The lowest BCUT2D eigenvalue weighted by Gasteiger charge is -2.34. The summed E-state index contributed by atoms with van der Waals surface area (Å²) in [7, 11) is 0. The molecule has 8 nitrogen and oxygen atoms in total. The zero-order valence-electron chi connectivity index (χ0n) is 14.9. The van der Waals surface area contributed by atoms with Crippen molar-refractivity contribution >= 4 is 18.0 Å². The lowest BCUT2D eigenvalue weighted by molar-refractivity contribution is 0.0197. The highest BCUT2D eigenvalue weighted by Gasteiger charge is 2.30. The van der Waals surface area contributed by atoms with Gasteiger partial charge < -0.3 is 14.4 Å². The molecule has 0 bridgehead atoms. The summed E-state index contributed by atoms with van der Waals surface area (Å²) in [5, 5.41) is 0. The van der Waals surface area contributed by atoms with Gasteiger partial charge >= 0.3 is 12.2 Å². The maximum Gasteiger partial charge on any atom is 0.415 e. The number of anilines is 1. The van der Waals surface area contributed by atoms with Gasteiger partial charge in [-0.25, -0.2) is 14.6 Å². The van der Waals surface area contributed by atoms with E-state index in [4.69, 9.17) is 9.47 Å². The molecule has 136 valence electrons. The minimum atomic E-state index is -0.514. The third kappa shape index (κ3) is 4.18. The second kappa shape index (κ2) is 6.85. The molecular weight excluding hydrogens is 324 g/mol. The molecule has 0 spiro atoms. The number of hydrogen-bond acceptors (Lipinski definition) is 6. The van der Waals surface area contributed by atoms with Crippen LogP contribution in [0.25, 0.3) is 0 Å². The van der Waals surface area contributed by atoms with Crippen molar-refractivity contribution < 1.29 is 19.1 Å². The lowest BCUT2D eigenvalue weighted by atomic mass is 9.95. The number of amides is 2. The second-order valence-electron chi connectivity index (χ2n) is 7.33. The van der Waals surface area contributed by atoms with Crippen molar-refractivity contribution in [2.45, 2.75) is 45.1 Å². The van der Waals surface area contributed by atoms with E-state index in [0.29, 0.717) is 32.1 Å². The Morgan fingerprint density at radius 2 is 2.12 bits per heavy atom. The summed E-state index contributed by atoms with van der Waals surface area (Å²) >= 11 is 0. The Morgan fingerprint density at radius 1 is 1.32 bits per heavy atom. The Balaban J connectivity index is 1.71. The smallest absolute Gasteiger partial charge is 0.415 e. The van der Waals surface area contributed by atoms with Crippen LogP contribution in [0.15, 0.2) is 12.4 Å². The topological polar surface area (TPSA) is 84.9 Å². The highest BCUT2D eigenvalue weighted by atomic mass is 16.6. The van der Waals surface area contributed by atoms with Crippen molar-refractivity contribution in [3.05, 3.63) is 18.1 Å². The van der Waals surface area contributed by atoms with Crippen molar-refractivity contribution in [3.8, 4) is 0 Å². The Hall–Kier alpha value is -2.38. The highest BCUT2D eigenvalue weighted by molar-refractivity contribution is 5.87. The van der Waals surface area contributed by atoms with Crippen LogP contribution in [0.3, 0.4) is 0 Å². The van der Waals surface area contributed by atoms with Crippen molar-refractivity contribution in [1.82, 2.24) is 14.9 Å². The predicted octanol–water partition coefficient (Wildman–Crippen LogP) is 2.55. The molecule has 0 aromatic carbocycles. The van der Waals surface area contributed by atoms with Gasteiger partial charge in [-0.15, -0.1) is 0 Å². The van der Waals surface area contributed by atoms with Crippen LogP contribution in [-0.4, -0.2) is 58.9 Å².